The molecule has 1 saturated carbocycles. The molecule has 0 heterocycles. The van der Waals surface area contributed by atoms with E-state index in [1.165, 1.54) is 32.1 Å². The van der Waals surface area contributed by atoms with Gasteiger partial charge in [0.25, 0.3) is 5.91 Å². The first-order valence-corrected chi connectivity index (χ1v) is 10.0. The third kappa shape index (κ3) is 2.60. The van der Waals surface area contributed by atoms with E-state index in [0.717, 1.165) is 0 Å². The van der Waals surface area contributed by atoms with Gasteiger partial charge in [-0.2, -0.15) is 0 Å². The maximum atomic E-state index is 13.6. The molecule has 1 aromatic carbocycles. The van der Waals surface area contributed by atoms with Gasteiger partial charge in [0.15, 0.2) is 11.4 Å². The lowest BCUT2D eigenvalue weighted by Gasteiger charge is -2.52. The van der Waals surface area contributed by atoms with Crippen LogP contribution in [0.1, 0.15) is 11.1 Å². The molecule has 0 saturated heterocycles. The number of fused-ring (bicyclic) bond motifs is 3. The van der Waals surface area contributed by atoms with E-state index in [1.807, 2.05) is 0 Å². The summed E-state index contributed by atoms with van der Waals surface area (Å²) in [6.07, 6.45) is -1.50. The lowest BCUT2D eigenvalue weighted by atomic mass is 9.56. The molecule has 170 valence electrons. The van der Waals surface area contributed by atoms with Crippen molar-refractivity contribution in [1.82, 2.24) is 10.2 Å². The van der Waals surface area contributed by atoms with Crippen LogP contribution in [-0.4, -0.2) is 86.8 Å². The van der Waals surface area contributed by atoms with Crippen LogP contribution in [0.25, 0.3) is 5.76 Å². The van der Waals surface area contributed by atoms with E-state index in [0.29, 0.717) is 5.56 Å². The number of nitrogens with zero attached hydrogens (tertiary/aromatic N) is 1. The average molecular weight is 444 g/mol. The molecule has 0 unspecified atom stereocenters. The van der Waals surface area contributed by atoms with Crippen LogP contribution >= 0.6 is 0 Å². The summed E-state index contributed by atoms with van der Waals surface area (Å²) in [6.45, 7) is 0. The molecule has 1 amide bonds. The average Bonchev–Trinajstić information content (AvgIpc) is 2.73. The molecule has 0 radical (unpaired) electrons. The summed E-state index contributed by atoms with van der Waals surface area (Å²) in [5.41, 5.74) is -3.54. The van der Waals surface area contributed by atoms with Crippen LogP contribution in [0, 0.1) is 11.8 Å². The minimum Gasteiger partial charge on any atom is -0.508 e. The molecule has 32 heavy (non-hydrogen) atoms. The van der Waals surface area contributed by atoms with Gasteiger partial charge >= 0.3 is 0 Å². The van der Waals surface area contributed by atoms with Crippen LogP contribution in [0.2, 0.25) is 0 Å². The number of hydrogen-bond acceptors (Lipinski definition) is 9. The van der Waals surface area contributed by atoms with Gasteiger partial charge < -0.3 is 30.8 Å². The van der Waals surface area contributed by atoms with E-state index in [-0.39, 0.29) is 23.3 Å². The SMILES string of the molecule is CNC(=O)C1=C(O)[C@@]2(O)C(=O)C3=C(O)c4c(O)cccc4C[C@H]3[C@H](O)[C@H]2[C@H](N(C)C)C1=O. The number of carbonyl (C=O) groups excluding carboxylic acids is 3. The normalized spacial score (nSPS) is 31.9. The molecule has 0 aliphatic heterocycles. The molecule has 3 aliphatic carbocycles. The lowest BCUT2D eigenvalue weighted by molar-refractivity contribution is -0.168. The molecule has 5 atom stereocenters. The summed E-state index contributed by atoms with van der Waals surface area (Å²) < 4.78 is 0. The van der Waals surface area contributed by atoms with Crippen molar-refractivity contribution in [2.24, 2.45) is 11.8 Å². The maximum Gasteiger partial charge on any atom is 0.258 e. The first-order chi connectivity index (χ1) is 15.0. The number of phenolic OH excluding ortho intramolecular Hbond substituents is 1. The largest absolute Gasteiger partial charge is 0.508 e. The number of likely N-dealkylation sites (N-methyl/N-ethyl adjacent to an activating group) is 2. The molecular weight excluding hydrogens is 420 g/mol. The molecule has 10 heteroatoms. The Hall–Kier alpha value is -3.21. The van der Waals surface area contributed by atoms with Crippen LogP contribution < -0.4 is 5.32 Å². The second-order valence-corrected chi connectivity index (χ2v) is 8.57. The fourth-order valence-electron chi connectivity index (χ4n) is 5.30. The highest BCUT2D eigenvalue weighted by atomic mass is 16.4. The second kappa shape index (κ2) is 7.16. The predicted octanol–water partition coefficient (Wildman–Crippen LogP) is -0.805. The molecule has 6 N–H and O–H groups in total. The highest BCUT2D eigenvalue weighted by Gasteiger charge is 2.67. The standard InChI is InChI=1S/C22H24N2O8/c1-23-21(31)13-18(28)15(24(2)3)14-16(26)9-7-8-5-4-6-10(25)11(8)17(27)12(9)19(29)22(14,32)20(13)30/h4-6,9,14-16,25-27,30,32H,7H2,1-3H3,(H,23,31)/t9-,14-,15+,16+,22+/m1/s1. The smallest absolute Gasteiger partial charge is 0.258 e. The summed E-state index contributed by atoms with van der Waals surface area (Å²) >= 11 is 0. The summed E-state index contributed by atoms with van der Waals surface area (Å²) in [4.78, 5) is 40.5. The van der Waals surface area contributed by atoms with Crippen molar-refractivity contribution in [1.29, 1.82) is 0 Å². The minimum absolute atomic E-state index is 0.00705. The van der Waals surface area contributed by atoms with E-state index < -0.39 is 64.1 Å². The molecule has 1 aromatic rings. The first-order valence-electron chi connectivity index (χ1n) is 10.0. The zero-order valence-corrected chi connectivity index (χ0v) is 17.7. The van der Waals surface area contributed by atoms with Gasteiger partial charge in [-0.15, -0.1) is 0 Å². The Morgan fingerprint density at radius 3 is 2.44 bits per heavy atom. The number of ketones is 2. The van der Waals surface area contributed by atoms with Crippen LogP contribution in [0.15, 0.2) is 35.1 Å². The number of rotatable bonds is 2. The zero-order valence-electron chi connectivity index (χ0n) is 17.7. The number of benzene rings is 1. The van der Waals surface area contributed by atoms with Gasteiger partial charge in [0.1, 0.15) is 22.8 Å². The summed E-state index contributed by atoms with van der Waals surface area (Å²) in [7, 11) is 4.20. The topological polar surface area (TPSA) is 168 Å². The molecule has 1 fully saturated rings. The van der Waals surface area contributed by atoms with Crippen LogP contribution in [0.5, 0.6) is 5.75 Å². The van der Waals surface area contributed by atoms with E-state index >= 15 is 0 Å². The van der Waals surface area contributed by atoms with E-state index in [2.05, 4.69) is 5.32 Å². The Bertz CT molecular complexity index is 1120. The van der Waals surface area contributed by atoms with Crippen molar-refractivity contribution in [3.05, 3.63) is 46.2 Å². The molecule has 4 rings (SSSR count). The van der Waals surface area contributed by atoms with Gasteiger partial charge in [-0.25, -0.2) is 0 Å². The van der Waals surface area contributed by atoms with E-state index in [4.69, 9.17) is 0 Å². The number of aromatic hydroxyl groups is 1. The van der Waals surface area contributed by atoms with Gasteiger partial charge in [-0.1, -0.05) is 12.1 Å². The number of aliphatic hydroxyl groups is 4. The number of hydrogen-bond donors (Lipinski definition) is 6. The monoisotopic (exact) mass is 444 g/mol. The Balaban J connectivity index is 2.03. The molecule has 0 aromatic heterocycles. The van der Waals surface area contributed by atoms with Crippen LogP contribution in [0.4, 0.5) is 0 Å². The number of amides is 1. The third-order valence-electron chi connectivity index (χ3n) is 6.75. The van der Waals surface area contributed by atoms with Gasteiger partial charge in [0.05, 0.1) is 23.6 Å². The second-order valence-electron chi connectivity index (χ2n) is 8.57. The van der Waals surface area contributed by atoms with Crippen molar-refractivity contribution >= 4 is 23.2 Å². The molecule has 0 spiro atoms. The van der Waals surface area contributed by atoms with Crippen molar-refractivity contribution in [3.63, 3.8) is 0 Å². The fraction of sp³-hybridized carbons (Fsp3) is 0.409. The minimum atomic E-state index is -2.84. The van der Waals surface area contributed by atoms with Crippen molar-refractivity contribution in [3.8, 4) is 5.75 Å². The quantitative estimate of drug-likeness (QED) is 0.320. The molecule has 10 nitrogen and oxygen atoms in total. The van der Waals surface area contributed by atoms with Crippen molar-refractivity contribution in [2.75, 3.05) is 21.1 Å². The fourth-order valence-corrected chi connectivity index (χ4v) is 5.30. The Kier molecular flexibility index (Phi) is 4.92. The number of phenols is 1. The highest BCUT2D eigenvalue weighted by molar-refractivity contribution is 6.25. The number of carbonyl (C=O) groups is 3. The summed E-state index contributed by atoms with van der Waals surface area (Å²) in [5, 5.41) is 57.0. The van der Waals surface area contributed by atoms with Crippen LogP contribution in [0.3, 0.4) is 0 Å². The van der Waals surface area contributed by atoms with Gasteiger partial charge in [0.2, 0.25) is 5.78 Å². The van der Waals surface area contributed by atoms with Crippen molar-refractivity contribution in [2.45, 2.75) is 24.2 Å². The predicted molar refractivity (Wildman–Crippen MR) is 111 cm³/mol. The van der Waals surface area contributed by atoms with Crippen LogP contribution in [-0.2, 0) is 20.8 Å². The number of nitrogens with one attached hydrogen (secondary N) is 1. The lowest BCUT2D eigenvalue weighted by Crippen LogP contribution is -2.70. The number of aliphatic hydroxyl groups excluding tert-OH is 3. The van der Waals surface area contributed by atoms with Gasteiger partial charge in [0, 0.05) is 18.5 Å². The van der Waals surface area contributed by atoms with Gasteiger partial charge in [-0.05, 0) is 32.1 Å². The molecule has 3 aliphatic rings. The summed E-state index contributed by atoms with van der Waals surface area (Å²) in [5.74, 6) is -7.59. The van der Waals surface area contributed by atoms with E-state index in [9.17, 15) is 39.9 Å². The zero-order chi connectivity index (χ0) is 23.7. The van der Waals surface area contributed by atoms with Crippen molar-refractivity contribution < 1.29 is 39.9 Å². The summed E-state index contributed by atoms with van der Waals surface area (Å²) in [6, 6.07) is 3.18. The molecule has 0 bridgehead atoms. The Labute approximate surface area is 183 Å². The first kappa shape index (κ1) is 22.0. The van der Waals surface area contributed by atoms with E-state index in [1.54, 1.807) is 12.1 Å². The molecular formula is C22H24N2O8. The third-order valence-corrected chi connectivity index (χ3v) is 6.75. The Morgan fingerprint density at radius 2 is 1.84 bits per heavy atom. The number of Topliss-reactive ketones (excluding diaryl/α,β-unsaturated/α-hetero) is 2. The maximum absolute atomic E-state index is 13.6. The van der Waals surface area contributed by atoms with Gasteiger partial charge in [-0.3, -0.25) is 19.3 Å². The highest BCUT2D eigenvalue weighted by Crippen LogP contribution is 2.52. The Morgan fingerprint density at radius 1 is 1.19 bits per heavy atom.